The second-order valence-corrected chi connectivity index (χ2v) is 8.73. The molecule has 0 N–H and O–H groups in total. The average Bonchev–Trinajstić information content (AvgIpc) is 3.34. The number of fused-ring (bicyclic) bond motifs is 3. The van der Waals surface area contributed by atoms with E-state index in [0.717, 1.165) is 5.56 Å². The van der Waals surface area contributed by atoms with Crippen LogP contribution in [0.2, 0.25) is 0 Å². The highest BCUT2D eigenvalue weighted by Gasteiger charge is 2.19. The molecule has 0 bridgehead atoms. The molecule has 9 heteroatoms. The van der Waals surface area contributed by atoms with Crippen LogP contribution in [0.1, 0.15) is 15.9 Å². The molecule has 3 aromatic carbocycles. The van der Waals surface area contributed by atoms with Crippen LogP contribution in [-0.4, -0.2) is 44.9 Å². The number of para-hydroxylation sites is 1. The van der Waals surface area contributed by atoms with Crippen LogP contribution in [0, 0.1) is 0 Å². The van der Waals surface area contributed by atoms with Gasteiger partial charge in [-0.15, -0.1) is 10.2 Å². The normalized spacial score (nSPS) is 11.1. The fourth-order valence-corrected chi connectivity index (χ4v) is 4.80. The zero-order valence-corrected chi connectivity index (χ0v) is 20.0. The van der Waals surface area contributed by atoms with E-state index in [1.165, 1.54) is 18.9 Å². The number of thioether (sulfide) groups is 1. The third-order valence-electron chi connectivity index (χ3n) is 5.70. The summed E-state index contributed by atoms with van der Waals surface area (Å²) in [4.78, 5) is 26.4. The van der Waals surface area contributed by atoms with Crippen LogP contribution in [0.5, 0.6) is 11.5 Å². The second-order valence-electron chi connectivity index (χ2n) is 7.79. The Morgan fingerprint density at radius 1 is 0.943 bits per heavy atom. The Morgan fingerprint density at radius 2 is 1.71 bits per heavy atom. The van der Waals surface area contributed by atoms with Gasteiger partial charge in [-0.25, -0.2) is 0 Å². The molecular weight excluding hydrogens is 464 g/mol. The molecule has 35 heavy (non-hydrogen) atoms. The van der Waals surface area contributed by atoms with Crippen LogP contribution in [0.3, 0.4) is 0 Å². The molecule has 0 amide bonds. The van der Waals surface area contributed by atoms with Crippen LogP contribution >= 0.6 is 11.8 Å². The minimum Gasteiger partial charge on any atom is -0.497 e. The Hall–Kier alpha value is -4.11. The molecule has 2 aromatic heterocycles. The van der Waals surface area contributed by atoms with Gasteiger partial charge in [-0.3, -0.25) is 18.6 Å². The number of rotatable bonds is 8. The van der Waals surface area contributed by atoms with Crippen LogP contribution in [0.4, 0.5) is 0 Å². The van der Waals surface area contributed by atoms with Gasteiger partial charge >= 0.3 is 0 Å². The van der Waals surface area contributed by atoms with Gasteiger partial charge < -0.3 is 9.47 Å². The van der Waals surface area contributed by atoms with Crippen molar-refractivity contribution in [1.29, 1.82) is 0 Å². The Kier molecular flexibility index (Phi) is 6.24. The molecule has 0 saturated carbocycles. The average molecular weight is 487 g/mol. The highest BCUT2D eigenvalue weighted by atomic mass is 32.2. The Balaban J connectivity index is 1.53. The van der Waals surface area contributed by atoms with Gasteiger partial charge in [0.1, 0.15) is 11.5 Å². The number of benzene rings is 3. The van der Waals surface area contributed by atoms with Crippen molar-refractivity contribution in [2.75, 3.05) is 20.0 Å². The van der Waals surface area contributed by atoms with Crippen LogP contribution in [0.15, 0.2) is 82.7 Å². The van der Waals surface area contributed by atoms with E-state index in [0.29, 0.717) is 45.4 Å². The molecule has 5 rings (SSSR count). The fraction of sp³-hybridized carbons (Fsp3) is 0.154. The molecular formula is C26H22N4O4S. The first-order valence-electron chi connectivity index (χ1n) is 10.9. The van der Waals surface area contributed by atoms with Crippen molar-refractivity contribution >= 4 is 34.2 Å². The number of Topliss-reactive ketones (excluding diaryl/α,β-unsaturated/α-hetero) is 1. The molecule has 0 aliphatic carbocycles. The van der Waals surface area contributed by atoms with Gasteiger partial charge in [-0.05, 0) is 29.8 Å². The summed E-state index contributed by atoms with van der Waals surface area (Å²) < 4.78 is 14.0. The van der Waals surface area contributed by atoms with E-state index >= 15 is 0 Å². The zero-order chi connectivity index (χ0) is 24.4. The van der Waals surface area contributed by atoms with Crippen molar-refractivity contribution in [1.82, 2.24) is 19.2 Å². The number of carbonyl (C=O) groups excluding carboxylic acids is 1. The Morgan fingerprint density at radius 3 is 2.49 bits per heavy atom. The van der Waals surface area contributed by atoms with Crippen molar-refractivity contribution in [3.05, 3.63) is 94.3 Å². The summed E-state index contributed by atoms with van der Waals surface area (Å²) in [5, 5.41) is 9.76. The number of ketones is 1. The van der Waals surface area contributed by atoms with Gasteiger partial charge in [0.2, 0.25) is 5.78 Å². The molecule has 0 atom stereocenters. The van der Waals surface area contributed by atoms with E-state index in [1.54, 1.807) is 35.9 Å². The van der Waals surface area contributed by atoms with E-state index in [1.807, 2.05) is 52.9 Å². The molecule has 0 saturated heterocycles. The number of hydrogen-bond acceptors (Lipinski definition) is 7. The maximum Gasteiger partial charge on any atom is 0.263 e. The minimum absolute atomic E-state index is 0.117. The lowest BCUT2D eigenvalue weighted by molar-refractivity contribution is 0.101. The predicted molar refractivity (Wildman–Crippen MR) is 135 cm³/mol. The van der Waals surface area contributed by atoms with E-state index in [-0.39, 0.29) is 17.1 Å². The SMILES string of the molecule is COc1ccc(C(=O)CSc2nnc3n(Cc4ccccc4)c(=O)c4ccccc4n23)c(OC)c1. The van der Waals surface area contributed by atoms with Crippen molar-refractivity contribution in [2.45, 2.75) is 11.7 Å². The number of carbonyl (C=O) groups is 1. The number of ether oxygens (including phenoxy) is 2. The number of methoxy groups -OCH3 is 2. The summed E-state index contributed by atoms with van der Waals surface area (Å²) in [6.07, 6.45) is 0. The largest absolute Gasteiger partial charge is 0.497 e. The van der Waals surface area contributed by atoms with Gasteiger partial charge in [-0.1, -0.05) is 54.2 Å². The fourth-order valence-electron chi connectivity index (χ4n) is 3.97. The van der Waals surface area contributed by atoms with Crippen molar-refractivity contribution in [3.63, 3.8) is 0 Å². The lowest BCUT2D eigenvalue weighted by Crippen LogP contribution is -2.24. The molecule has 176 valence electrons. The molecule has 5 aromatic rings. The molecule has 0 spiro atoms. The first-order valence-corrected chi connectivity index (χ1v) is 11.9. The monoisotopic (exact) mass is 486 g/mol. The van der Waals surface area contributed by atoms with E-state index in [2.05, 4.69) is 10.2 Å². The summed E-state index contributed by atoms with van der Waals surface area (Å²) >= 11 is 1.26. The van der Waals surface area contributed by atoms with Crippen molar-refractivity contribution < 1.29 is 14.3 Å². The van der Waals surface area contributed by atoms with Gasteiger partial charge in [0, 0.05) is 6.07 Å². The van der Waals surface area contributed by atoms with E-state index in [9.17, 15) is 9.59 Å². The lowest BCUT2D eigenvalue weighted by Gasteiger charge is -2.12. The summed E-state index contributed by atoms with van der Waals surface area (Å²) in [5.74, 6) is 1.48. The van der Waals surface area contributed by atoms with Crippen LogP contribution < -0.4 is 15.0 Å². The second kappa shape index (κ2) is 9.63. The first-order chi connectivity index (χ1) is 17.1. The van der Waals surface area contributed by atoms with Gasteiger partial charge in [0.05, 0.1) is 43.0 Å². The maximum absolute atomic E-state index is 13.3. The third kappa shape index (κ3) is 4.26. The molecule has 0 aliphatic heterocycles. The third-order valence-corrected chi connectivity index (χ3v) is 6.63. The predicted octanol–water partition coefficient (Wildman–Crippen LogP) is 4.08. The number of hydrogen-bond donors (Lipinski definition) is 0. The van der Waals surface area contributed by atoms with Gasteiger partial charge in [-0.2, -0.15) is 0 Å². The molecule has 0 aliphatic rings. The van der Waals surface area contributed by atoms with Gasteiger partial charge in [0.25, 0.3) is 5.56 Å². The quantitative estimate of drug-likeness (QED) is 0.241. The Labute approximate surface area is 205 Å². The topological polar surface area (TPSA) is 87.7 Å². The van der Waals surface area contributed by atoms with E-state index < -0.39 is 0 Å². The first kappa shape index (κ1) is 22.7. The number of nitrogens with zero attached hydrogens (tertiary/aromatic N) is 4. The minimum atomic E-state index is -0.139. The smallest absolute Gasteiger partial charge is 0.263 e. The summed E-state index contributed by atoms with van der Waals surface area (Å²) in [5.41, 5.74) is 1.99. The molecule has 2 heterocycles. The summed E-state index contributed by atoms with van der Waals surface area (Å²) in [6, 6.07) is 22.2. The van der Waals surface area contributed by atoms with Crippen LogP contribution in [0.25, 0.3) is 16.7 Å². The maximum atomic E-state index is 13.3. The summed E-state index contributed by atoms with van der Waals surface area (Å²) in [7, 11) is 3.08. The van der Waals surface area contributed by atoms with Crippen molar-refractivity contribution in [2.24, 2.45) is 0 Å². The van der Waals surface area contributed by atoms with Gasteiger partial charge in [0.15, 0.2) is 10.9 Å². The lowest BCUT2D eigenvalue weighted by atomic mass is 10.1. The standard InChI is InChI=1S/C26H22N4O4S/c1-33-18-12-13-20(23(14-18)34-2)22(31)16-35-26-28-27-25-29(15-17-8-4-3-5-9-17)24(32)19-10-6-7-11-21(19)30(25)26/h3-14H,15-16H2,1-2H3. The molecule has 8 nitrogen and oxygen atoms in total. The van der Waals surface area contributed by atoms with Crippen molar-refractivity contribution in [3.8, 4) is 11.5 Å². The Bertz CT molecular complexity index is 1590. The number of aromatic nitrogens is 4. The van der Waals surface area contributed by atoms with Crippen LogP contribution in [-0.2, 0) is 6.54 Å². The highest BCUT2D eigenvalue weighted by molar-refractivity contribution is 7.99. The molecule has 0 radical (unpaired) electrons. The zero-order valence-electron chi connectivity index (χ0n) is 19.2. The molecule has 0 unspecified atom stereocenters. The summed E-state index contributed by atoms with van der Waals surface area (Å²) in [6.45, 7) is 0.360. The molecule has 0 fully saturated rings. The highest BCUT2D eigenvalue weighted by Crippen LogP contribution is 2.28. The van der Waals surface area contributed by atoms with E-state index in [4.69, 9.17) is 9.47 Å².